The Morgan fingerprint density at radius 2 is 2.12 bits per heavy atom. The zero-order valence-electron chi connectivity index (χ0n) is 9.68. The topological polar surface area (TPSA) is 61.7 Å². The van der Waals surface area contributed by atoms with Gasteiger partial charge in [-0.1, -0.05) is 30.0 Å². The number of para-hydroxylation sites is 1. The first-order chi connectivity index (χ1) is 8.08. The van der Waals surface area contributed by atoms with Crippen molar-refractivity contribution in [2.24, 2.45) is 4.99 Å². The number of rotatable bonds is 2. The summed E-state index contributed by atoms with van der Waals surface area (Å²) in [7, 11) is 0. The highest BCUT2D eigenvalue weighted by Crippen LogP contribution is 2.38. The number of thioether (sulfide) groups is 1. The van der Waals surface area contributed by atoms with Crippen LogP contribution in [0.3, 0.4) is 0 Å². The minimum atomic E-state index is -0.409. The fourth-order valence-corrected chi connectivity index (χ4v) is 2.72. The molecule has 1 heterocycles. The fraction of sp³-hybridized carbons (Fsp3) is 0.333. The van der Waals surface area contributed by atoms with Crippen molar-refractivity contribution in [1.29, 1.82) is 0 Å². The molecule has 0 bridgehead atoms. The number of carbonyl (C=O) groups is 1. The van der Waals surface area contributed by atoms with Gasteiger partial charge in [0.05, 0.1) is 0 Å². The van der Waals surface area contributed by atoms with Crippen LogP contribution in [0.5, 0.6) is 5.75 Å². The van der Waals surface area contributed by atoms with E-state index in [0.717, 1.165) is 0 Å². The van der Waals surface area contributed by atoms with Crippen LogP contribution in [-0.4, -0.2) is 22.2 Å². The van der Waals surface area contributed by atoms with Gasteiger partial charge in [-0.15, -0.1) is 0 Å². The number of phenols is 1. The number of aromatic hydroxyl groups is 1. The number of carbonyl (C=O) groups excluding carboxylic acids is 1. The number of nitrogens with zero attached hydrogens (tertiary/aromatic N) is 1. The molecule has 0 aliphatic carbocycles. The lowest BCUT2D eigenvalue weighted by molar-refractivity contribution is -0.118. The van der Waals surface area contributed by atoms with Crippen LogP contribution in [0.4, 0.5) is 0 Å². The van der Waals surface area contributed by atoms with Gasteiger partial charge in [0.15, 0.2) is 5.17 Å². The molecule has 1 amide bonds. The summed E-state index contributed by atoms with van der Waals surface area (Å²) < 4.78 is 0. The molecule has 1 saturated heterocycles. The van der Waals surface area contributed by atoms with Gasteiger partial charge in [-0.25, -0.2) is 0 Å². The van der Waals surface area contributed by atoms with Crippen molar-refractivity contribution in [1.82, 2.24) is 5.32 Å². The van der Waals surface area contributed by atoms with Crippen LogP contribution >= 0.6 is 11.8 Å². The number of phenolic OH excluding ortho intramolecular Hbond substituents is 1. The van der Waals surface area contributed by atoms with E-state index in [1.807, 2.05) is 13.8 Å². The molecule has 1 aromatic rings. The van der Waals surface area contributed by atoms with Gasteiger partial charge in [0.1, 0.15) is 11.0 Å². The Bertz CT molecular complexity index is 471. The lowest BCUT2D eigenvalue weighted by Crippen LogP contribution is -2.22. The van der Waals surface area contributed by atoms with Crippen molar-refractivity contribution in [3.63, 3.8) is 0 Å². The van der Waals surface area contributed by atoms with E-state index in [2.05, 4.69) is 10.3 Å². The third kappa shape index (κ3) is 2.61. The summed E-state index contributed by atoms with van der Waals surface area (Å²) in [6.07, 6.45) is 0. The van der Waals surface area contributed by atoms with Crippen molar-refractivity contribution in [2.45, 2.75) is 25.1 Å². The zero-order chi connectivity index (χ0) is 12.4. The van der Waals surface area contributed by atoms with Crippen molar-refractivity contribution in [2.75, 3.05) is 0 Å². The summed E-state index contributed by atoms with van der Waals surface area (Å²) >= 11 is 1.34. The second-order valence-electron chi connectivity index (χ2n) is 4.07. The second kappa shape index (κ2) is 4.79. The smallest absolute Gasteiger partial charge is 0.244 e. The predicted octanol–water partition coefficient (Wildman–Crippen LogP) is 2.06. The van der Waals surface area contributed by atoms with Gasteiger partial charge in [-0.2, -0.15) is 0 Å². The third-order valence-electron chi connectivity index (χ3n) is 2.29. The van der Waals surface area contributed by atoms with E-state index in [1.165, 1.54) is 11.8 Å². The zero-order valence-corrected chi connectivity index (χ0v) is 10.5. The summed E-state index contributed by atoms with van der Waals surface area (Å²) in [5.74, 6) is 0.0156. The summed E-state index contributed by atoms with van der Waals surface area (Å²) in [6.45, 7) is 3.90. The average molecular weight is 250 g/mol. The highest BCUT2D eigenvalue weighted by Gasteiger charge is 2.33. The Morgan fingerprint density at radius 1 is 1.41 bits per heavy atom. The van der Waals surface area contributed by atoms with Gasteiger partial charge < -0.3 is 10.4 Å². The van der Waals surface area contributed by atoms with Gasteiger partial charge in [0, 0.05) is 11.6 Å². The van der Waals surface area contributed by atoms with Gasteiger partial charge in [-0.05, 0) is 19.9 Å². The fourth-order valence-electron chi connectivity index (χ4n) is 1.58. The number of benzene rings is 1. The predicted molar refractivity (Wildman–Crippen MR) is 69.2 cm³/mol. The molecule has 1 aliphatic rings. The van der Waals surface area contributed by atoms with Crippen LogP contribution < -0.4 is 5.32 Å². The van der Waals surface area contributed by atoms with E-state index in [0.29, 0.717) is 10.7 Å². The third-order valence-corrected chi connectivity index (χ3v) is 3.43. The largest absolute Gasteiger partial charge is 0.508 e. The van der Waals surface area contributed by atoms with Crippen LogP contribution in [0, 0.1) is 0 Å². The molecule has 0 unspecified atom stereocenters. The Balaban J connectivity index is 2.25. The molecule has 90 valence electrons. The maximum Gasteiger partial charge on any atom is 0.244 e. The molecule has 2 rings (SSSR count). The number of nitrogens with one attached hydrogen (secondary N) is 1. The maximum atomic E-state index is 11.8. The number of hydrogen-bond acceptors (Lipinski definition) is 4. The summed E-state index contributed by atoms with van der Waals surface area (Å²) in [4.78, 5) is 16.1. The molecule has 0 saturated carbocycles. The molecule has 1 fully saturated rings. The van der Waals surface area contributed by atoms with E-state index >= 15 is 0 Å². The molecular formula is C12H14N2O2S. The standard InChI is InChI=1S/C12H14N2O2S/c1-7(2)13-12-14-11(16)10(17-12)8-5-3-4-6-9(8)15/h3-7,10,15H,1-2H3,(H,13,14,16)/t10-/m1/s1. The molecule has 2 N–H and O–H groups in total. The Labute approximate surface area is 104 Å². The monoisotopic (exact) mass is 250 g/mol. The van der Waals surface area contributed by atoms with E-state index in [-0.39, 0.29) is 17.7 Å². The van der Waals surface area contributed by atoms with Crippen molar-refractivity contribution in [3.8, 4) is 5.75 Å². The SMILES string of the molecule is CC(C)N=C1NC(=O)[C@@H](c2ccccc2O)S1. The Morgan fingerprint density at radius 3 is 2.76 bits per heavy atom. The lowest BCUT2D eigenvalue weighted by Gasteiger charge is -2.07. The first-order valence-corrected chi connectivity index (χ1v) is 6.29. The Hall–Kier alpha value is -1.49. The number of aliphatic imine (C=N–C) groups is 1. The van der Waals surface area contributed by atoms with E-state index in [4.69, 9.17) is 0 Å². The van der Waals surface area contributed by atoms with Gasteiger partial charge in [0.25, 0.3) is 0 Å². The molecule has 17 heavy (non-hydrogen) atoms. The van der Waals surface area contributed by atoms with Crippen LogP contribution in [0.1, 0.15) is 24.7 Å². The van der Waals surface area contributed by atoms with E-state index < -0.39 is 5.25 Å². The summed E-state index contributed by atoms with van der Waals surface area (Å²) in [5.41, 5.74) is 0.629. The molecule has 0 radical (unpaired) electrons. The average Bonchev–Trinajstić information content (AvgIpc) is 2.59. The molecule has 0 aromatic heterocycles. The van der Waals surface area contributed by atoms with Crippen molar-refractivity contribution >= 4 is 22.8 Å². The molecule has 5 heteroatoms. The summed E-state index contributed by atoms with van der Waals surface area (Å²) in [5, 5.41) is 12.7. The van der Waals surface area contributed by atoms with Crippen molar-refractivity contribution in [3.05, 3.63) is 29.8 Å². The number of amides is 1. The van der Waals surface area contributed by atoms with Crippen molar-refractivity contribution < 1.29 is 9.90 Å². The van der Waals surface area contributed by atoms with Gasteiger partial charge in [-0.3, -0.25) is 9.79 Å². The molecule has 4 nitrogen and oxygen atoms in total. The number of amidine groups is 1. The maximum absolute atomic E-state index is 11.8. The highest BCUT2D eigenvalue weighted by atomic mass is 32.2. The van der Waals surface area contributed by atoms with E-state index in [9.17, 15) is 9.90 Å². The lowest BCUT2D eigenvalue weighted by atomic mass is 10.1. The molecular weight excluding hydrogens is 236 g/mol. The second-order valence-corrected chi connectivity index (χ2v) is 5.17. The highest BCUT2D eigenvalue weighted by molar-refractivity contribution is 8.15. The minimum absolute atomic E-state index is 0.129. The van der Waals surface area contributed by atoms with Crippen LogP contribution in [0.15, 0.2) is 29.3 Å². The first-order valence-electron chi connectivity index (χ1n) is 5.41. The van der Waals surface area contributed by atoms with Gasteiger partial charge >= 0.3 is 0 Å². The molecule has 1 atom stereocenters. The normalized spacial score (nSPS) is 22.2. The van der Waals surface area contributed by atoms with Crippen LogP contribution in [-0.2, 0) is 4.79 Å². The van der Waals surface area contributed by atoms with E-state index in [1.54, 1.807) is 24.3 Å². The molecule has 1 aromatic carbocycles. The minimum Gasteiger partial charge on any atom is -0.508 e. The molecule has 1 aliphatic heterocycles. The first kappa shape index (κ1) is 12.0. The van der Waals surface area contributed by atoms with Crippen LogP contribution in [0.25, 0.3) is 0 Å². The summed E-state index contributed by atoms with van der Waals surface area (Å²) in [6, 6.07) is 7.02. The van der Waals surface area contributed by atoms with Crippen LogP contribution in [0.2, 0.25) is 0 Å². The molecule has 0 spiro atoms. The Kier molecular flexibility index (Phi) is 3.38. The number of hydrogen-bond donors (Lipinski definition) is 2. The quantitative estimate of drug-likeness (QED) is 0.844. The van der Waals surface area contributed by atoms with Gasteiger partial charge in [0.2, 0.25) is 5.91 Å².